The molecule has 0 aliphatic heterocycles. The van der Waals surface area contributed by atoms with Crippen LogP contribution in [-0.4, -0.2) is 54.6 Å². The average Bonchev–Trinajstić information content (AvgIpc) is 2.52. The highest BCUT2D eigenvalue weighted by Crippen LogP contribution is 2.34. The van der Waals surface area contributed by atoms with Gasteiger partial charge >= 0.3 is 5.97 Å². The number of nitrogens with zero attached hydrogens (tertiary/aromatic N) is 2. The minimum absolute atomic E-state index is 0.0916. The molecular weight excluding hydrogens is 308 g/mol. The number of ether oxygens (including phenoxy) is 2. The van der Waals surface area contributed by atoms with Crippen LogP contribution in [0.15, 0.2) is 12.1 Å². The van der Waals surface area contributed by atoms with Gasteiger partial charge in [0.1, 0.15) is 5.56 Å². The lowest BCUT2D eigenvalue weighted by molar-refractivity contribution is -0.385. The molecule has 1 amide bonds. The van der Waals surface area contributed by atoms with E-state index in [0.29, 0.717) is 0 Å². The van der Waals surface area contributed by atoms with Gasteiger partial charge in [0.25, 0.3) is 11.6 Å². The monoisotopic (exact) mass is 326 g/mol. The molecule has 0 bridgehead atoms. The van der Waals surface area contributed by atoms with Gasteiger partial charge in [-0.25, -0.2) is 0 Å². The lowest BCUT2D eigenvalue weighted by Crippen LogP contribution is -2.28. The first-order chi connectivity index (χ1) is 10.8. The Balaban J connectivity index is 3.11. The number of rotatable bonds is 8. The van der Waals surface area contributed by atoms with Crippen molar-refractivity contribution in [2.45, 2.75) is 12.8 Å². The number of carboxylic acid groups (broad SMARTS) is 1. The van der Waals surface area contributed by atoms with Gasteiger partial charge in [0.15, 0.2) is 11.5 Å². The molecule has 0 heterocycles. The van der Waals surface area contributed by atoms with Crippen LogP contribution >= 0.6 is 0 Å². The largest absolute Gasteiger partial charge is 0.493 e. The zero-order chi connectivity index (χ0) is 17.6. The van der Waals surface area contributed by atoms with Crippen molar-refractivity contribution in [1.29, 1.82) is 0 Å². The first kappa shape index (κ1) is 18.2. The lowest BCUT2D eigenvalue weighted by atomic mass is 10.1. The van der Waals surface area contributed by atoms with Crippen LogP contribution in [0.2, 0.25) is 0 Å². The number of aliphatic carboxylic acids is 1. The van der Waals surface area contributed by atoms with E-state index < -0.39 is 22.5 Å². The molecule has 0 fully saturated rings. The van der Waals surface area contributed by atoms with Gasteiger partial charge in [-0.1, -0.05) is 0 Å². The lowest BCUT2D eigenvalue weighted by Gasteiger charge is -2.17. The van der Waals surface area contributed by atoms with E-state index >= 15 is 0 Å². The van der Waals surface area contributed by atoms with Gasteiger partial charge in [0, 0.05) is 26.1 Å². The van der Waals surface area contributed by atoms with E-state index in [-0.39, 0.29) is 36.4 Å². The SMILES string of the molecule is COc1cc(C(=O)N(C)CCCC(=O)O)c([N+](=O)[O-])cc1OC. The van der Waals surface area contributed by atoms with Crippen LogP contribution in [0.5, 0.6) is 11.5 Å². The van der Waals surface area contributed by atoms with Crippen molar-refractivity contribution < 1.29 is 29.1 Å². The van der Waals surface area contributed by atoms with Gasteiger partial charge in [0.2, 0.25) is 0 Å². The van der Waals surface area contributed by atoms with Crippen LogP contribution in [-0.2, 0) is 4.79 Å². The second kappa shape index (κ2) is 7.97. The molecule has 0 spiro atoms. The first-order valence-electron chi connectivity index (χ1n) is 6.69. The van der Waals surface area contributed by atoms with Crippen molar-refractivity contribution in [3.63, 3.8) is 0 Å². The Labute approximate surface area is 132 Å². The Kier molecular flexibility index (Phi) is 6.31. The van der Waals surface area contributed by atoms with E-state index in [4.69, 9.17) is 14.6 Å². The highest BCUT2D eigenvalue weighted by Gasteiger charge is 2.26. The number of hydrogen-bond acceptors (Lipinski definition) is 6. The van der Waals surface area contributed by atoms with Crippen LogP contribution in [0, 0.1) is 10.1 Å². The molecule has 23 heavy (non-hydrogen) atoms. The van der Waals surface area contributed by atoms with Gasteiger partial charge in [-0.05, 0) is 6.42 Å². The molecular formula is C14H18N2O7. The molecule has 0 aliphatic rings. The number of nitro groups is 1. The third-order valence-electron chi connectivity index (χ3n) is 3.16. The maximum absolute atomic E-state index is 12.4. The van der Waals surface area contributed by atoms with Gasteiger partial charge in [0.05, 0.1) is 25.2 Å². The van der Waals surface area contributed by atoms with E-state index in [1.165, 1.54) is 32.2 Å². The molecule has 1 aromatic carbocycles. The molecule has 0 saturated heterocycles. The molecule has 9 nitrogen and oxygen atoms in total. The Morgan fingerprint density at radius 2 is 1.83 bits per heavy atom. The molecule has 0 aliphatic carbocycles. The maximum Gasteiger partial charge on any atom is 0.303 e. The Morgan fingerprint density at radius 1 is 1.26 bits per heavy atom. The van der Waals surface area contributed by atoms with Gasteiger partial charge in [-0.15, -0.1) is 0 Å². The third kappa shape index (κ3) is 4.56. The van der Waals surface area contributed by atoms with Crippen molar-refractivity contribution in [2.75, 3.05) is 27.8 Å². The molecule has 0 saturated carbocycles. The second-order valence-corrected chi connectivity index (χ2v) is 4.71. The number of carboxylic acids is 1. The standard InChI is InChI=1S/C14H18N2O7/c1-15(6-4-5-13(17)18)14(19)9-7-11(22-2)12(23-3)8-10(9)16(20)21/h7-8H,4-6H2,1-3H3,(H,17,18). The summed E-state index contributed by atoms with van der Waals surface area (Å²) in [7, 11) is 4.14. The summed E-state index contributed by atoms with van der Waals surface area (Å²) >= 11 is 0. The van der Waals surface area contributed by atoms with Gasteiger partial charge in [-0.3, -0.25) is 19.7 Å². The van der Waals surface area contributed by atoms with Gasteiger partial charge < -0.3 is 19.5 Å². The molecule has 1 N–H and O–H groups in total. The van der Waals surface area contributed by atoms with Crippen molar-refractivity contribution in [1.82, 2.24) is 4.90 Å². The van der Waals surface area contributed by atoms with E-state index in [2.05, 4.69) is 0 Å². The van der Waals surface area contributed by atoms with Crippen LogP contribution in [0.1, 0.15) is 23.2 Å². The predicted octanol–water partition coefficient (Wildman–Crippen LogP) is 1.55. The molecule has 0 radical (unpaired) electrons. The summed E-state index contributed by atoms with van der Waals surface area (Å²) in [6.07, 6.45) is 0.157. The Bertz CT molecular complexity index is 615. The van der Waals surface area contributed by atoms with Crippen LogP contribution in [0.25, 0.3) is 0 Å². The number of amides is 1. The van der Waals surface area contributed by atoms with Crippen LogP contribution < -0.4 is 9.47 Å². The average molecular weight is 326 g/mol. The Morgan fingerprint density at radius 3 is 2.30 bits per heavy atom. The minimum atomic E-state index is -0.969. The number of carbonyl (C=O) groups is 2. The fraction of sp³-hybridized carbons (Fsp3) is 0.429. The van der Waals surface area contributed by atoms with E-state index in [1.807, 2.05) is 0 Å². The summed E-state index contributed by atoms with van der Waals surface area (Å²) in [4.78, 5) is 34.6. The summed E-state index contributed by atoms with van der Waals surface area (Å²) in [5.74, 6) is -1.23. The summed E-state index contributed by atoms with van der Waals surface area (Å²) in [6, 6.07) is 2.37. The van der Waals surface area contributed by atoms with Crippen molar-refractivity contribution in [3.05, 3.63) is 27.8 Å². The van der Waals surface area contributed by atoms with Gasteiger partial charge in [-0.2, -0.15) is 0 Å². The summed E-state index contributed by atoms with van der Waals surface area (Å²) in [5, 5.41) is 19.8. The highest BCUT2D eigenvalue weighted by atomic mass is 16.6. The summed E-state index contributed by atoms with van der Waals surface area (Å²) in [5.41, 5.74) is -0.553. The maximum atomic E-state index is 12.4. The molecule has 1 aromatic rings. The molecule has 0 aromatic heterocycles. The zero-order valence-electron chi connectivity index (χ0n) is 13.1. The number of nitro benzene ring substituents is 1. The second-order valence-electron chi connectivity index (χ2n) is 4.71. The Hall–Kier alpha value is -2.84. The van der Waals surface area contributed by atoms with Crippen molar-refractivity contribution >= 4 is 17.6 Å². The number of methoxy groups -OCH3 is 2. The fourth-order valence-corrected chi connectivity index (χ4v) is 1.97. The number of hydrogen-bond donors (Lipinski definition) is 1. The topological polar surface area (TPSA) is 119 Å². The van der Waals surface area contributed by atoms with Crippen LogP contribution in [0.3, 0.4) is 0 Å². The number of benzene rings is 1. The zero-order valence-corrected chi connectivity index (χ0v) is 13.1. The quantitative estimate of drug-likeness (QED) is 0.568. The summed E-state index contributed by atoms with van der Waals surface area (Å²) < 4.78 is 10.1. The summed E-state index contributed by atoms with van der Waals surface area (Å²) in [6.45, 7) is 0.163. The molecule has 1 rings (SSSR count). The van der Waals surface area contributed by atoms with Crippen molar-refractivity contribution in [2.24, 2.45) is 0 Å². The van der Waals surface area contributed by atoms with Crippen LogP contribution in [0.4, 0.5) is 5.69 Å². The molecule has 0 unspecified atom stereocenters. The minimum Gasteiger partial charge on any atom is -0.493 e. The molecule has 9 heteroatoms. The third-order valence-corrected chi connectivity index (χ3v) is 3.16. The predicted molar refractivity (Wildman–Crippen MR) is 80.0 cm³/mol. The smallest absolute Gasteiger partial charge is 0.303 e. The normalized spacial score (nSPS) is 10.0. The van der Waals surface area contributed by atoms with E-state index in [1.54, 1.807) is 0 Å². The fourth-order valence-electron chi connectivity index (χ4n) is 1.97. The molecule has 0 atom stereocenters. The van der Waals surface area contributed by atoms with E-state index in [9.17, 15) is 19.7 Å². The van der Waals surface area contributed by atoms with Crippen molar-refractivity contribution in [3.8, 4) is 11.5 Å². The number of carbonyl (C=O) groups excluding carboxylic acids is 1. The highest BCUT2D eigenvalue weighted by molar-refractivity contribution is 5.99. The first-order valence-corrected chi connectivity index (χ1v) is 6.69. The molecule has 126 valence electrons. The van der Waals surface area contributed by atoms with E-state index in [0.717, 1.165) is 6.07 Å².